The molecule has 2 unspecified atom stereocenters. The zero-order valence-electron chi connectivity index (χ0n) is 25.7. The molecule has 2 aliphatic rings. The number of rotatable bonds is 13. The number of anilines is 2. The summed E-state index contributed by atoms with van der Waals surface area (Å²) in [4.78, 5) is 31.3. The van der Waals surface area contributed by atoms with Gasteiger partial charge >= 0.3 is 0 Å². The van der Waals surface area contributed by atoms with Crippen LogP contribution in [0.5, 0.6) is 0 Å². The lowest BCUT2D eigenvalue weighted by molar-refractivity contribution is -0.122. The molecule has 2 fully saturated rings. The summed E-state index contributed by atoms with van der Waals surface area (Å²) >= 11 is 2.85. The van der Waals surface area contributed by atoms with Gasteiger partial charge in [-0.2, -0.15) is 0 Å². The van der Waals surface area contributed by atoms with Crippen LogP contribution in [0.4, 0.5) is 10.3 Å². The van der Waals surface area contributed by atoms with Gasteiger partial charge in [-0.15, -0.1) is 20.4 Å². The molecular weight excluding hydrogens is 633 g/mol. The van der Waals surface area contributed by atoms with Gasteiger partial charge in [-0.25, -0.2) is 0 Å². The van der Waals surface area contributed by atoms with E-state index in [0.29, 0.717) is 10.3 Å². The van der Waals surface area contributed by atoms with Crippen LogP contribution in [0.2, 0.25) is 0 Å². The summed E-state index contributed by atoms with van der Waals surface area (Å²) in [6.45, 7) is 6.67. The quantitative estimate of drug-likeness (QED) is 0.155. The number of nitrogens with one attached hydrogen (secondary N) is 4. The van der Waals surface area contributed by atoms with Crippen LogP contribution >= 0.6 is 22.7 Å². The highest BCUT2D eigenvalue weighted by Crippen LogP contribution is 2.27. The monoisotopic (exact) mass is 676 g/mol. The molecule has 0 saturated carbocycles. The minimum atomic E-state index is -0.372. The molecule has 47 heavy (non-hydrogen) atoms. The van der Waals surface area contributed by atoms with Crippen molar-refractivity contribution in [2.24, 2.45) is 0 Å². The summed E-state index contributed by atoms with van der Waals surface area (Å²) in [6, 6.07) is 19.1. The van der Waals surface area contributed by atoms with Crippen LogP contribution in [0.3, 0.4) is 0 Å². The van der Waals surface area contributed by atoms with Crippen LogP contribution < -0.4 is 21.3 Å². The maximum Gasteiger partial charge on any atom is 0.248 e. The number of carbonyl (C=O) groups excluding carboxylic acids is 2. The lowest BCUT2D eigenvalue weighted by Gasteiger charge is -2.34. The molecule has 4 N–H and O–H groups in total. The summed E-state index contributed by atoms with van der Waals surface area (Å²) in [5.74, 6) is -0.170. The lowest BCUT2D eigenvalue weighted by atomic mass is 10.0. The largest absolute Gasteiger partial charge is 0.314 e. The van der Waals surface area contributed by atoms with Crippen LogP contribution in [0.15, 0.2) is 60.7 Å². The molecule has 2 amide bonds. The maximum atomic E-state index is 13.4. The smallest absolute Gasteiger partial charge is 0.248 e. The number of hydrogen-bond donors (Lipinski definition) is 4. The Labute approximate surface area is 284 Å². The van der Waals surface area contributed by atoms with Gasteiger partial charge in [0.15, 0.2) is 0 Å². The molecule has 0 bridgehead atoms. The fourth-order valence-electron chi connectivity index (χ4n) is 5.92. The second-order valence-electron chi connectivity index (χ2n) is 11.4. The Morgan fingerprint density at radius 2 is 1.02 bits per heavy atom. The normalized spacial score (nSPS) is 16.9. The first-order chi connectivity index (χ1) is 22.6. The molecule has 14 heteroatoms. The molecule has 4 aromatic rings. The molecular formula is C33H44N10O2S2. The van der Waals surface area contributed by atoms with Crippen molar-refractivity contribution in [1.29, 1.82) is 0 Å². The SMILES string of the molecule is C.O=C(Nc1nnc(CCCCc2nnc(NC(=O)C(c3ccccc3)N3CCNCC3)s2)s1)C(c1ccccc1)N1CCNCC1. The third-order valence-electron chi connectivity index (χ3n) is 8.19. The molecule has 0 spiro atoms. The van der Waals surface area contributed by atoms with Crippen molar-refractivity contribution in [3.63, 3.8) is 0 Å². The predicted molar refractivity (Wildman–Crippen MR) is 188 cm³/mol. The summed E-state index contributed by atoms with van der Waals surface area (Å²) < 4.78 is 0. The third kappa shape index (κ3) is 9.46. The van der Waals surface area contributed by atoms with Gasteiger partial charge in [-0.1, -0.05) is 90.8 Å². The van der Waals surface area contributed by atoms with Gasteiger partial charge < -0.3 is 10.6 Å². The number of carbonyl (C=O) groups is 2. The van der Waals surface area contributed by atoms with Crippen molar-refractivity contribution in [3.8, 4) is 0 Å². The van der Waals surface area contributed by atoms with Crippen molar-refractivity contribution in [3.05, 3.63) is 81.8 Å². The summed E-state index contributed by atoms with van der Waals surface area (Å²) in [6.07, 6.45) is 3.32. The summed E-state index contributed by atoms with van der Waals surface area (Å²) in [7, 11) is 0. The van der Waals surface area contributed by atoms with Gasteiger partial charge in [-0.05, 0) is 24.0 Å². The highest BCUT2D eigenvalue weighted by molar-refractivity contribution is 7.15. The number of aromatic nitrogens is 4. The van der Waals surface area contributed by atoms with E-state index in [1.165, 1.54) is 22.7 Å². The van der Waals surface area contributed by atoms with Gasteiger partial charge in [0.2, 0.25) is 22.1 Å². The van der Waals surface area contributed by atoms with Gasteiger partial charge in [-0.3, -0.25) is 30.0 Å². The second-order valence-corrected chi connectivity index (χ2v) is 13.5. The number of piperazine rings is 2. The van der Waals surface area contributed by atoms with Crippen molar-refractivity contribution < 1.29 is 9.59 Å². The van der Waals surface area contributed by atoms with Crippen LogP contribution in [0.25, 0.3) is 0 Å². The van der Waals surface area contributed by atoms with E-state index in [0.717, 1.165) is 99.2 Å². The summed E-state index contributed by atoms with van der Waals surface area (Å²) in [5, 5.41) is 32.7. The number of nitrogens with zero attached hydrogens (tertiary/aromatic N) is 6. The first kappa shape index (κ1) is 34.7. The number of hydrogen-bond acceptors (Lipinski definition) is 12. The van der Waals surface area contributed by atoms with Crippen LogP contribution in [-0.4, -0.2) is 94.4 Å². The zero-order chi connectivity index (χ0) is 31.6. The van der Waals surface area contributed by atoms with Gasteiger partial charge in [0.25, 0.3) is 0 Å². The Morgan fingerprint density at radius 1 is 0.638 bits per heavy atom. The fourth-order valence-corrected chi connectivity index (χ4v) is 7.49. The Kier molecular flexibility index (Phi) is 12.9. The number of aryl methyl sites for hydroxylation is 2. The summed E-state index contributed by atoms with van der Waals surface area (Å²) in [5.41, 5.74) is 1.95. The van der Waals surface area contributed by atoms with Gasteiger partial charge in [0, 0.05) is 65.2 Å². The Hall–Kier alpha value is -3.66. The highest BCUT2D eigenvalue weighted by atomic mass is 32.1. The first-order valence-electron chi connectivity index (χ1n) is 15.9. The Bertz CT molecular complexity index is 1420. The second kappa shape index (κ2) is 17.5. The molecule has 2 aliphatic heterocycles. The van der Waals surface area contributed by atoms with Crippen LogP contribution in [0.1, 0.15) is 53.5 Å². The average molecular weight is 677 g/mol. The van der Waals surface area contributed by atoms with Crippen molar-refractivity contribution in [2.45, 2.75) is 45.2 Å². The minimum absolute atomic E-state index is 0. The Morgan fingerprint density at radius 3 is 1.40 bits per heavy atom. The third-order valence-corrected chi connectivity index (χ3v) is 9.98. The van der Waals surface area contributed by atoms with E-state index in [1.54, 1.807) is 0 Å². The fraction of sp³-hybridized carbons (Fsp3) is 0.455. The molecule has 250 valence electrons. The average Bonchev–Trinajstić information content (AvgIpc) is 3.74. The number of benzene rings is 2. The zero-order valence-corrected chi connectivity index (χ0v) is 27.4. The van der Waals surface area contributed by atoms with E-state index in [2.05, 4.69) is 51.5 Å². The maximum absolute atomic E-state index is 13.4. The molecule has 6 rings (SSSR count). The molecule has 2 aromatic carbocycles. The number of amides is 2. The van der Waals surface area contributed by atoms with Gasteiger partial charge in [0.05, 0.1) is 0 Å². The molecule has 2 saturated heterocycles. The van der Waals surface area contributed by atoms with Crippen LogP contribution in [-0.2, 0) is 22.4 Å². The standard InChI is InChI=1S/C32H40N10O2S2.CH4/c43-29(27(23-9-3-1-4-10-23)41-19-15-33-16-20-41)35-31-39-37-25(45-31)13-7-8-14-26-38-40-32(46-26)36-30(44)28(24-11-5-2-6-12-24)42-21-17-34-18-22-42;/h1-6,9-12,27-28,33-34H,7-8,13-22H2,(H,35,39,43)(H,36,40,44);1H4. The van der Waals surface area contributed by atoms with Crippen molar-refractivity contribution in [1.82, 2.24) is 40.8 Å². The predicted octanol–water partition coefficient (Wildman–Crippen LogP) is 3.76. The Balaban J connectivity index is 0.00000433. The van der Waals surface area contributed by atoms with E-state index in [-0.39, 0.29) is 31.3 Å². The van der Waals surface area contributed by atoms with E-state index < -0.39 is 0 Å². The molecule has 0 aliphatic carbocycles. The molecule has 12 nitrogen and oxygen atoms in total. The molecule has 2 aromatic heterocycles. The topological polar surface area (TPSA) is 140 Å². The molecule has 2 atom stereocenters. The van der Waals surface area contributed by atoms with E-state index in [9.17, 15) is 9.59 Å². The van der Waals surface area contributed by atoms with E-state index in [4.69, 9.17) is 0 Å². The van der Waals surface area contributed by atoms with Crippen LogP contribution in [0, 0.1) is 0 Å². The molecule has 0 radical (unpaired) electrons. The van der Waals surface area contributed by atoms with E-state index in [1.807, 2.05) is 60.7 Å². The first-order valence-corrected chi connectivity index (χ1v) is 17.5. The highest BCUT2D eigenvalue weighted by Gasteiger charge is 2.30. The molecule has 4 heterocycles. The van der Waals surface area contributed by atoms with Crippen molar-refractivity contribution >= 4 is 44.8 Å². The van der Waals surface area contributed by atoms with Gasteiger partial charge in [0.1, 0.15) is 22.1 Å². The minimum Gasteiger partial charge on any atom is -0.314 e. The van der Waals surface area contributed by atoms with E-state index >= 15 is 0 Å². The number of unbranched alkanes of at least 4 members (excludes halogenated alkanes) is 1. The lowest BCUT2D eigenvalue weighted by Crippen LogP contribution is -2.48. The van der Waals surface area contributed by atoms with Crippen molar-refractivity contribution in [2.75, 3.05) is 63.0 Å².